The standard InChI is InChI=1S/C17H13N.C4H5BO2/c1-3-8-14(9-4-1)16-12-7-13-18-17(16)15-10-5-2-6-11-15;6-3-1-2-5-4(3)7/h1-13H;5H,1-2H2. The number of hydrogen-bond acceptors (Lipinski definition) is 3. The second kappa shape index (κ2) is 8.20. The molecule has 0 aliphatic carbocycles. The molecule has 25 heavy (non-hydrogen) atoms. The van der Waals surface area contributed by atoms with Crippen LogP contribution in [0.15, 0.2) is 79.0 Å². The number of benzene rings is 2. The number of pyridine rings is 1. The summed E-state index contributed by atoms with van der Waals surface area (Å²) in [4.78, 5) is 25.0. The number of ketones is 1. The predicted molar refractivity (Wildman–Crippen MR) is 102 cm³/mol. The Kier molecular flexibility index (Phi) is 5.52. The van der Waals surface area contributed by atoms with Crippen molar-refractivity contribution in [2.75, 3.05) is 0 Å². The molecule has 1 aliphatic rings. The largest absolute Gasteiger partial charge is 0.303 e. The molecule has 1 aromatic heterocycles. The number of rotatable bonds is 2. The average Bonchev–Trinajstić information content (AvgIpc) is 3.06. The third-order valence-electron chi connectivity index (χ3n) is 4.06. The maximum Gasteiger partial charge on any atom is 0.216 e. The van der Waals surface area contributed by atoms with Crippen molar-refractivity contribution in [2.45, 2.75) is 12.7 Å². The van der Waals surface area contributed by atoms with Gasteiger partial charge in [-0.3, -0.25) is 9.78 Å². The molecule has 0 atom stereocenters. The van der Waals surface area contributed by atoms with Crippen LogP contribution in [0.3, 0.4) is 0 Å². The first-order valence-corrected chi connectivity index (χ1v) is 8.37. The van der Waals surface area contributed by atoms with Gasteiger partial charge in [0.1, 0.15) is 0 Å². The van der Waals surface area contributed by atoms with Crippen LogP contribution >= 0.6 is 0 Å². The van der Waals surface area contributed by atoms with E-state index in [0.717, 1.165) is 17.6 Å². The van der Waals surface area contributed by atoms with E-state index < -0.39 is 0 Å². The smallest absolute Gasteiger partial charge is 0.216 e. The van der Waals surface area contributed by atoms with E-state index in [-0.39, 0.29) is 11.5 Å². The third kappa shape index (κ3) is 4.30. The fourth-order valence-corrected chi connectivity index (χ4v) is 2.77. The fourth-order valence-electron chi connectivity index (χ4n) is 2.77. The minimum atomic E-state index is -0.181. The van der Waals surface area contributed by atoms with E-state index in [4.69, 9.17) is 0 Å². The number of Topliss-reactive ketones (excluding diaryl/α,β-unsaturated/α-hetero) is 1. The van der Waals surface area contributed by atoms with Crippen LogP contribution in [0, 0.1) is 0 Å². The highest BCUT2D eigenvalue weighted by Gasteiger charge is 2.20. The maximum atomic E-state index is 10.2. The van der Waals surface area contributed by atoms with Crippen molar-refractivity contribution < 1.29 is 9.59 Å². The summed E-state index contributed by atoms with van der Waals surface area (Å²) >= 11 is 0. The van der Waals surface area contributed by atoms with Gasteiger partial charge in [0.25, 0.3) is 0 Å². The normalized spacial score (nSPS) is 13.0. The molecule has 0 amide bonds. The first kappa shape index (κ1) is 16.8. The minimum absolute atomic E-state index is 0.181. The summed E-state index contributed by atoms with van der Waals surface area (Å²) in [6.07, 6.45) is 3.10. The summed E-state index contributed by atoms with van der Waals surface area (Å²) < 4.78 is 0. The Morgan fingerprint density at radius 3 is 1.92 bits per heavy atom. The molecule has 2 heterocycles. The summed E-state index contributed by atoms with van der Waals surface area (Å²) in [5.41, 5.74) is 4.37. The molecule has 4 rings (SSSR count). The van der Waals surface area contributed by atoms with Gasteiger partial charge in [0.05, 0.1) is 5.69 Å². The van der Waals surface area contributed by atoms with E-state index in [0.29, 0.717) is 13.7 Å². The fraction of sp³-hybridized carbons (Fsp3) is 0.0952. The van der Waals surface area contributed by atoms with Crippen LogP contribution in [0.4, 0.5) is 0 Å². The van der Waals surface area contributed by atoms with Crippen molar-refractivity contribution in [3.8, 4) is 22.4 Å². The van der Waals surface area contributed by atoms with E-state index in [1.54, 1.807) is 0 Å². The molecular formula is C21H18BNO2. The molecule has 0 saturated carbocycles. The van der Waals surface area contributed by atoms with Crippen molar-refractivity contribution >= 4 is 18.7 Å². The second-order valence-corrected chi connectivity index (χ2v) is 5.83. The topological polar surface area (TPSA) is 47.0 Å². The molecule has 3 nitrogen and oxygen atoms in total. The van der Waals surface area contributed by atoms with E-state index >= 15 is 0 Å². The molecule has 0 radical (unpaired) electrons. The van der Waals surface area contributed by atoms with Crippen LogP contribution in [-0.4, -0.2) is 23.7 Å². The zero-order valence-electron chi connectivity index (χ0n) is 13.9. The van der Waals surface area contributed by atoms with Gasteiger partial charge in [-0.2, -0.15) is 0 Å². The highest BCUT2D eigenvalue weighted by Crippen LogP contribution is 2.29. The Labute approximate surface area is 148 Å². The molecule has 0 unspecified atom stereocenters. The van der Waals surface area contributed by atoms with Crippen molar-refractivity contribution in [1.82, 2.24) is 4.98 Å². The zero-order chi connectivity index (χ0) is 17.5. The van der Waals surface area contributed by atoms with Crippen LogP contribution in [-0.2, 0) is 9.59 Å². The van der Waals surface area contributed by atoms with Crippen molar-refractivity contribution in [2.24, 2.45) is 0 Å². The van der Waals surface area contributed by atoms with Crippen LogP contribution in [0.5, 0.6) is 0 Å². The van der Waals surface area contributed by atoms with Crippen molar-refractivity contribution in [3.63, 3.8) is 0 Å². The molecule has 1 saturated heterocycles. The number of carbonyl (C=O) groups excluding carboxylic acids is 2. The Bertz CT molecular complexity index is 791. The monoisotopic (exact) mass is 327 g/mol. The first-order valence-electron chi connectivity index (χ1n) is 8.37. The Balaban J connectivity index is 0.000000219. The van der Waals surface area contributed by atoms with E-state index in [1.807, 2.05) is 36.5 Å². The van der Waals surface area contributed by atoms with Gasteiger partial charge >= 0.3 is 0 Å². The number of nitrogens with zero attached hydrogens (tertiary/aromatic N) is 1. The quantitative estimate of drug-likeness (QED) is 0.532. The Morgan fingerprint density at radius 2 is 1.40 bits per heavy atom. The first-order chi connectivity index (χ1) is 12.3. The zero-order valence-corrected chi connectivity index (χ0v) is 13.9. The third-order valence-corrected chi connectivity index (χ3v) is 4.06. The second-order valence-electron chi connectivity index (χ2n) is 5.83. The van der Waals surface area contributed by atoms with Gasteiger partial charge in [0.2, 0.25) is 7.28 Å². The summed E-state index contributed by atoms with van der Waals surface area (Å²) in [5.74, 6) is -0.181. The highest BCUT2D eigenvalue weighted by molar-refractivity contribution is 6.91. The lowest BCUT2D eigenvalue weighted by atomic mass is 9.76. The van der Waals surface area contributed by atoms with Gasteiger partial charge in [-0.05, 0) is 11.6 Å². The molecule has 4 heteroatoms. The van der Waals surface area contributed by atoms with Crippen LogP contribution < -0.4 is 0 Å². The number of carbonyl (C=O) groups is 2. The van der Waals surface area contributed by atoms with Gasteiger partial charge in [-0.15, -0.1) is 0 Å². The summed E-state index contributed by atoms with van der Waals surface area (Å²) in [7, 11) is 0.485. The molecule has 0 bridgehead atoms. The van der Waals surface area contributed by atoms with Gasteiger partial charge in [-0.25, -0.2) is 0 Å². The summed E-state index contributed by atoms with van der Waals surface area (Å²) in [6.45, 7) is 0. The Hall–Kier alpha value is -3.01. The van der Waals surface area contributed by atoms with Gasteiger partial charge < -0.3 is 4.79 Å². The lowest BCUT2D eigenvalue weighted by Gasteiger charge is -2.08. The highest BCUT2D eigenvalue weighted by atomic mass is 16.2. The summed E-state index contributed by atoms with van der Waals surface area (Å²) in [6, 6.07) is 24.7. The van der Waals surface area contributed by atoms with Crippen LogP contribution in [0.2, 0.25) is 6.32 Å². The predicted octanol–water partition coefficient (Wildman–Crippen LogP) is 3.76. The minimum Gasteiger partial charge on any atom is -0.303 e. The molecule has 1 fully saturated rings. The SMILES string of the molecule is O=C1BCCC1=O.c1ccc(-c2cccnc2-c2ccccc2)cc1. The maximum absolute atomic E-state index is 10.2. The van der Waals surface area contributed by atoms with Crippen molar-refractivity contribution in [3.05, 3.63) is 79.0 Å². The van der Waals surface area contributed by atoms with Crippen LogP contribution in [0.1, 0.15) is 6.42 Å². The molecule has 0 N–H and O–H groups in total. The van der Waals surface area contributed by atoms with E-state index in [2.05, 4.69) is 47.4 Å². The van der Waals surface area contributed by atoms with Gasteiger partial charge in [-0.1, -0.05) is 73.1 Å². The lowest BCUT2D eigenvalue weighted by molar-refractivity contribution is -0.131. The summed E-state index contributed by atoms with van der Waals surface area (Å²) in [5, 5.41) is 0. The number of hydrogen-bond donors (Lipinski definition) is 0. The molecular weight excluding hydrogens is 309 g/mol. The van der Waals surface area contributed by atoms with Crippen LogP contribution in [0.25, 0.3) is 22.4 Å². The molecule has 3 aromatic rings. The number of aromatic nitrogens is 1. The van der Waals surface area contributed by atoms with Gasteiger partial charge in [0, 0.05) is 23.7 Å². The Morgan fingerprint density at radius 1 is 0.760 bits per heavy atom. The lowest BCUT2D eigenvalue weighted by Crippen LogP contribution is -2.08. The molecule has 122 valence electrons. The van der Waals surface area contributed by atoms with E-state index in [1.165, 1.54) is 11.1 Å². The molecule has 0 spiro atoms. The van der Waals surface area contributed by atoms with Crippen molar-refractivity contribution in [1.29, 1.82) is 0 Å². The van der Waals surface area contributed by atoms with Gasteiger partial charge in [0.15, 0.2) is 11.5 Å². The molecule has 1 aliphatic heterocycles. The molecule has 2 aromatic carbocycles. The average molecular weight is 327 g/mol. The van der Waals surface area contributed by atoms with E-state index in [9.17, 15) is 9.59 Å².